The van der Waals surface area contributed by atoms with Crippen LogP contribution < -0.4 is 11.4 Å². The van der Waals surface area contributed by atoms with Gasteiger partial charge in [0.2, 0.25) is 0 Å². The van der Waals surface area contributed by atoms with Gasteiger partial charge < -0.3 is 15.6 Å². The molecule has 1 saturated heterocycles. The number of carbonyl (C=O) groups is 1. The highest BCUT2D eigenvalue weighted by atomic mass is 16.6. The number of rotatable bonds is 2. The molecule has 1 aromatic rings. The Morgan fingerprint density at radius 2 is 2.18 bits per heavy atom. The van der Waals surface area contributed by atoms with Crippen molar-refractivity contribution in [2.45, 2.75) is 51.4 Å². The maximum Gasteiger partial charge on any atom is 0.412 e. The lowest BCUT2D eigenvalue weighted by molar-refractivity contribution is 0.000631. The third kappa shape index (κ3) is 3.38. The maximum atomic E-state index is 12.4. The van der Waals surface area contributed by atoms with E-state index in [9.17, 15) is 14.7 Å². The lowest BCUT2D eigenvalue weighted by Gasteiger charge is -2.32. The number of anilines is 1. The molecule has 2 heterocycles. The van der Waals surface area contributed by atoms with E-state index < -0.39 is 23.5 Å². The molecular weight excluding hydrogens is 288 g/mol. The molecule has 8 heteroatoms. The van der Waals surface area contributed by atoms with Gasteiger partial charge >= 0.3 is 11.8 Å². The van der Waals surface area contributed by atoms with Gasteiger partial charge in [-0.3, -0.25) is 9.47 Å². The van der Waals surface area contributed by atoms with Crippen LogP contribution in [0.4, 0.5) is 10.6 Å². The van der Waals surface area contributed by atoms with Crippen LogP contribution in [-0.2, 0) is 4.74 Å². The number of carbonyl (C=O) groups excluding carboxylic acids is 1. The predicted octanol–water partition coefficient (Wildman–Crippen LogP) is 0.716. The maximum absolute atomic E-state index is 12.4. The number of nitrogens with zero attached hydrogens (tertiary/aromatic N) is 3. The topological polar surface area (TPSA) is 111 Å². The summed E-state index contributed by atoms with van der Waals surface area (Å²) in [5.74, 6) is 0.127. The van der Waals surface area contributed by atoms with Crippen LogP contribution in [0.1, 0.15) is 39.8 Å². The fraction of sp³-hybridized carbons (Fsp3) is 0.643. The zero-order chi connectivity index (χ0) is 16.5. The molecule has 0 radical (unpaired) electrons. The second kappa shape index (κ2) is 5.96. The summed E-state index contributed by atoms with van der Waals surface area (Å²) in [6, 6.07) is 1.12. The number of nitrogens with two attached hydrogens (primary N) is 1. The first-order valence-electron chi connectivity index (χ1n) is 7.20. The van der Waals surface area contributed by atoms with Crippen molar-refractivity contribution in [3.05, 3.63) is 22.7 Å². The van der Waals surface area contributed by atoms with Crippen molar-refractivity contribution < 1.29 is 14.6 Å². The van der Waals surface area contributed by atoms with Gasteiger partial charge in [-0.25, -0.2) is 9.59 Å². The average Bonchev–Trinajstić information content (AvgIpc) is 2.80. The normalized spacial score (nSPS) is 21.9. The number of amides is 1. The molecule has 0 spiro atoms. The fourth-order valence-corrected chi connectivity index (χ4v) is 2.55. The molecule has 8 nitrogen and oxygen atoms in total. The number of ether oxygens (including phenoxy) is 1. The molecule has 0 aliphatic carbocycles. The molecule has 1 fully saturated rings. The van der Waals surface area contributed by atoms with Gasteiger partial charge in [-0.15, -0.1) is 0 Å². The fourth-order valence-electron chi connectivity index (χ4n) is 2.55. The summed E-state index contributed by atoms with van der Waals surface area (Å²) in [4.78, 5) is 29.5. The van der Waals surface area contributed by atoms with Crippen molar-refractivity contribution in [1.82, 2.24) is 14.5 Å². The Morgan fingerprint density at radius 3 is 2.73 bits per heavy atom. The van der Waals surface area contributed by atoms with Crippen LogP contribution in [0.5, 0.6) is 0 Å². The first-order valence-corrected chi connectivity index (χ1v) is 7.20. The van der Waals surface area contributed by atoms with Crippen LogP contribution in [0.25, 0.3) is 0 Å². The summed E-state index contributed by atoms with van der Waals surface area (Å²) in [6.07, 6.45) is 1.53. The SMILES string of the molecule is CC(C)(C)OC(=O)N1[C@@H](CO)CC[C@H]1n1ccc(N)nc1=O. The average molecular weight is 310 g/mol. The van der Waals surface area contributed by atoms with E-state index in [1.807, 2.05) is 0 Å². The minimum atomic E-state index is -0.658. The van der Waals surface area contributed by atoms with Gasteiger partial charge in [-0.05, 0) is 39.7 Å². The van der Waals surface area contributed by atoms with Gasteiger partial charge in [-0.1, -0.05) is 0 Å². The Kier molecular flexibility index (Phi) is 4.41. The quantitative estimate of drug-likeness (QED) is 0.832. The van der Waals surface area contributed by atoms with E-state index in [1.54, 1.807) is 20.8 Å². The highest BCUT2D eigenvalue weighted by Crippen LogP contribution is 2.32. The summed E-state index contributed by atoms with van der Waals surface area (Å²) in [5.41, 5.74) is 4.30. The number of aromatic nitrogens is 2. The molecule has 0 bridgehead atoms. The molecule has 1 amide bonds. The van der Waals surface area contributed by atoms with E-state index in [-0.39, 0.29) is 18.5 Å². The van der Waals surface area contributed by atoms with Crippen molar-refractivity contribution in [3.63, 3.8) is 0 Å². The first-order chi connectivity index (χ1) is 10.2. The highest BCUT2D eigenvalue weighted by Gasteiger charge is 2.40. The van der Waals surface area contributed by atoms with Gasteiger partial charge in [0.1, 0.15) is 17.6 Å². The second-order valence-electron chi connectivity index (χ2n) is 6.32. The van der Waals surface area contributed by atoms with E-state index in [1.165, 1.54) is 21.7 Å². The van der Waals surface area contributed by atoms with Crippen LogP contribution in [-0.4, -0.2) is 43.9 Å². The molecule has 0 saturated carbocycles. The standard InChI is InChI=1S/C14H22N4O4/c1-14(2,3)22-13(21)18-9(8-19)4-5-11(18)17-7-6-10(15)16-12(17)20/h6-7,9,11,19H,4-5,8H2,1-3H3,(H2,15,16,20)/t9-,11+/m1/s1. The molecule has 2 atom stereocenters. The van der Waals surface area contributed by atoms with E-state index in [4.69, 9.17) is 10.5 Å². The molecule has 22 heavy (non-hydrogen) atoms. The molecule has 0 unspecified atom stereocenters. The third-order valence-corrected chi connectivity index (χ3v) is 3.46. The Balaban J connectivity index is 2.33. The number of hydrogen-bond acceptors (Lipinski definition) is 6. The van der Waals surface area contributed by atoms with Crippen molar-refractivity contribution in [1.29, 1.82) is 0 Å². The Bertz CT molecular complexity index is 608. The third-order valence-electron chi connectivity index (χ3n) is 3.46. The predicted molar refractivity (Wildman–Crippen MR) is 80.1 cm³/mol. The van der Waals surface area contributed by atoms with Crippen LogP contribution in [0.2, 0.25) is 0 Å². The smallest absolute Gasteiger partial charge is 0.412 e. The summed E-state index contributed by atoms with van der Waals surface area (Å²) in [5, 5.41) is 9.49. The minimum Gasteiger partial charge on any atom is -0.444 e. The zero-order valence-electron chi connectivity index (χ0n) is 13.0. The number of aliphatic hydroxyl groups is 1. The molecule has 1 aromatic heterocycles. The van der Waals surface area contributed by atoms with E-state index in [0.717, 1.165) is 0 Å². The van der Waals surface area contributed by atoms with Crippen molar-refractivity contribution >= 4 is 11.9 Å². The first kappa shape index (κ1) is 16.3. The monoisotopic (exact) mass is 310 g/mol. The van der Waals surface area contributed by atoms with Gasteiger partial charge in [0.05, 0.1) is 12.6 Å². The Morgan fingerprint density at radius 1 is 1.50 bits per heavy atom. The number of likely N-dealkylation sites (tertiary alicyclic amines) is 1. The van der Waals surface area contributed by atoms with Gasteiger partial charge in [0.25, 0.3) is 0 Å². The second-order valence-corrected chi connectivity index (χ2v) is 6.32. The van der Waals surface area contributed by atoms with Crippen molar-refractivity contribution in [2.75, 3.05) is 12.3 Å². The Hall–Kier alpha value is -2.09. The molecule has 1 aliphatic heterocycles. The summed E-state index contributed by atoms with van der Waals surface area (Å²) >= 11 is 0. The van der Waals surface area contributed by atoms with Crippen molar-refractivity contribution in [2.24, 2.45) is 0 Å². The Labute approximate surface area is 128 Å². The molecule has 0 aromatic carbocycles. The summed E-state index contributed by atoms with van der Waals surface area (Å²) < 4.78 is 6.73. The lowest BCUT2D eigenvalue weighted by atomic mass is 10.2. The zero-order valence-corrected chi connectivity index (χ0v) is 13.0. The van der Waals surface area contributed by atoms with Gasteiger partial charge in [0, 0.05) is 6.20 Å². The molecule has 2 rings (SSSR count). The summed E-state index contributed by atoms with van der Waals surface area (Å²) in [6.45, 7) is 5.11. The minimum absolute atomic E-state index is 0.127. The van der Waals surface area contributed by atoms with E-state index in [0.29, 0.717) is 12.8 Å². The van der Waals surface area contributed by atoms with E-state index in [2.05, 4.69) is 4.98 Å². The molecule has 3 N–H and O–H groups in total. The van der Waals surface area contributed by atoms with Crippen LogP contribution in [0, 0.1) is 0 Å². The largest absolute Gasteiger partial charge is 0.444 e. The summed E-state index contributed by atoms with van der Waals surface area (Å²) in [7, 11) is 0. The molecule has 122 valence electrons. The van der Waals surface area contributed by atoms with Crippen LogP contribution in [0.15, 0.2) is 17.1 Å². The molecular formula is C14H22N4O4. The number of aliphatic hydroxyl groups excluding tert-OH is 1. The van der Waals surface area contributed by atoms with Gasteiger partial charge in [0.15, 0.2) is 0 Å². The van der Waals surface area contributed by atoms with Crippen LogP contribution in [0.3, 0.4) is 0 Å². The van der Waals surface area contributed by atoms with E-state index >= 15 is 0 Å². The van der Waals surface area contributed by atoms with Crippen molar-refractivity contribution in [3.8, 4) is 0 Å². The number of nitrogen functional groups attached to an aromatic ring is 1. The lowest BCUT2D eigenvalue weighted by Crippen LogP contribution is -2.46. The highest BCUT2D eigenvalue weighted by molar-refractivity contribution is 5.69. The van der Waals surface area contributed by atoms with Gasteiger partial charge in [-0.2, -0.15) is 4.98 Å². The van der Waals surface area contributed by atoms with Crippen LogP contribution >= 0.6 is 0 Å². The molecule has 1 aliphatic rings. The number of hydrogen-bond donors (Lipinski definition) is 2.